The second-order valence-corrected chi connectivity index (χ2v) is 6.39. The average Bonchev–Trinajstić information content (AvgIpc) is 2.86. The number of rotatable bonds is 4. The van der Waals surface area contributed by atoms with E-state index >= 15 is 0 Å². The molecule has 0 radical (unpaired) electrons. The molecule has 0 unspecified atom stereocenters. The number of hydrogen-bond donors (Lipinski definition) is 2. The zero-order valence-electron chi connectivity index (χ0n) is 17.6. The second kappa shape index (κ2) is 16.2. The summed E-state index contributed by atoms with van der Waals surface area (Å²) < 4.78 is 8.22. The molecule has 0 bridgehead atoms. The standard InChI is InChI=1S/2C13H11NO.ClH.O.Tc/c2*15-13-9-5-4-6-11(13)10-14-12-7-2-1-3-8-12;;;/h2*1-10,14H;1H;;. The monoisotopic (exact) mass is 543 g/mol. The first-order valence-electron chi connectivity index (χ1n) is 9.69. The summed E-state index contributed by atoms with van der Waals surface area (Å²) in [6.07, 6.45) is 17.3. The first-order chi connectivity index (χ1) is 15.7. The van der Waals surface area contributed by atoms with Crippen LogP contribution in [0.5, 0.6) is 0 Å². The maximum absolute atomic E-state index is 11.4. The Morgan fingerprint density at radius 1 is 0.545 bits per heavy atom. The van der Waals surface area contributed by atoms with Crippen molar-refractivity contribution in [3.05, 3.63) is 133 Å². The van der Waals surface area contributed by atoms with E-state index in [0.29, 0.717) is 11.1 Å². The van der Waals surface area contributed by atoms with Crippen molar-refractivity contribution >= 4 is 35.3 Å². The molecule has 0 saturated carbocycles. The Kier molecular flexibility index (Phi) is 13.6. The Morgan fingerprint density at radius 2 is 0.879 bits per heavy atom. The quantitative estimate of drug-likeness (QED) is 0.486. The van der Waals surface area contributed by atoms with E-state index in [1.807, 2.05) is 72.8 Å². The van der Waals surface area contributed by atoms with E-state index in [2.05, 4.69) is 10.6 Å². The number of carbonyl (C=O) groups excluding carboxylic acids is 2. The minimum atomic E-state index is 0. The summed E-state index contributed by atoms with van der Waals surface area (Å²) in [6.45, 7) is 0. The van der Waals surface area contributed by atoms with Gasteiger partial charge in [-0.2, -0.15) is 0 Å². The first kappa shape index (κ1) is 27.6. The molecule has 0 amide bonds. The van der Waals surface area contributed by atoms with Crippen molar-refractivity contribution in [1.82, 2.24) is 0 Å². The number of ketones is 2. The van der Waals surface area contributed by atoms with Crippen molar-refractivity contribution in [1.29, 1.82) is 0 Å². The van der Waals surface area contributed by atoms with Crippen molar-refractivity contribution < 1.29 is 31.9 Å². The van der Waals surface area contributed by atoms with Crippen molar-refractivity contribution in [3.8, 4) is 0 Å². The fourth-order valence-corrected chi connectivity index (χ4v) is 2.59. The van der Waals surface area contributed by atoms with Gasteiger partial charge in [-0.1, -0.05) is 60.7 Å². The van der Waals surface area contributed by atoms with E-state index in [1.54, 1.807) is 48.9 Å². The predicted octanol–water partition coefficient (Wildman–Crippen LogP) is 5.66. The third kappa shape index (κ3) is 10.1. The SMILES string of the molecule is Cl.O=C1C=CC=CC1=CNc1ccccc1.O=C1C=CC=CC1=CNc1ccccc1.[O]=[Tc]. The van der Waals surface area contributed by atoms with Crippen molar-refractivity contribution in [2.45, 2.75) is 0 Å². The number of hydrogen-bond acceptors (Lipinski definition) is 5. The van der Waals surface area contributed by atoms with Gasteiger partial charge in [0.05, 0.1) is 0 Å². The van der Waals surface area contributed by atoms with Gasteiger partial charge < -0.3 is 10.6 Å². The van der Waals surface area contributed by atoms with E-state index in [4.69, 9.17) is 3.50 Å². The van der Waals surface area contributed by atoms with Crippen LogP contribution in [0.4, 0.5) is 11.4 Å². The molecule has 2 N–H and O–H groups in total. The fourth-order valence-electron chi connectivity index (χ4n) is 2.59. The van der Waals surface area contributed by atoms with Crippen LogP contribution in [0.15, 0.2) is 133 Å². The minimum absolute atomic E-state index is 0. The molecule has 4 rings (SSSR count). The normalized spacial score (nSPS) is 15.6. The number of nitrogens with one attached hydrogen (secondary N) is 2. The molecule has 2 aromatic carbocycles. The molecule has 0 heterocycles. The van der Waals surface area contributed by atoms with Gasteiger partial charge in [0.15, 0.2) is 11.6 Å². The summed E-state index contributed by atoms with van der Waals surface area (Å²) in [5, 5.41) is 6.15. The van der Waals surface area contributed by atoms with E-state index < -0.39 is 0 Å². The van der Waals surface area contributed by atoms with Crippen LogP contribution < -0.4 is 10.6 Å². The molecule has 0 aliphatic heterocycles. The Balaban J connectivity index is 0.000000299. The average molecular weight is 545 g/mol. The van der Waals surface area contributed by atoms with Gasteiger partial charge in [-0.05, 0) is 48.6 Å². The Labute approximate surface area is 210 Å². The molecule has 5 nitrogen and oxygen atoms in total. The third-order valence-electron chi connectivity index (χ3n) is 4.17. The molecule has 33 heavy (non-hydrogen) atoms. The predicted molar refractivity (Wildman–Crippen MR) is 131 cm³/mol. The molecule has 0 fully saturated rings. The number of allylic oxidation sites excluding steroid dienone is 10. The number of anilines is 2. The molecule has 2 aliphatic rings. The number of carbonyl (C=O) groups is 2. The molecule has 0 atom stereocenters. The Bertz CT molecular complexity index is 1000. The summed E-state index contributed by atoms with van der Waals surface area (Å²) in [6, 6.07) is 19.5. The van der Waals surface area contributed by atoms with Crippen LogP contribution >= 0.6 is 12.4 Å². The van der Waals surface area contributed by atoms with Crippen molar-refractivity contribution in [2.24, 2.45) is 0 Å². The van der Waals surface area contributed by atoms with Crippen LogP contribution in [0.3, 0.4) is 0 Å². The Hall–Kier alpha value is -3.44. The zero-order valence-corrected chi connectivity index (χ0v) is 20.2. The van der Waals surface area contributed by atoms with Crippen LogP contribution in [0.25, 0.3) is 0 Å². The number of benzene rings is 2. The summed E-state index contributed by atoms with van der Waals surface area (Å²) in [5.41, 5.74) is 3.28. The van der Waals surface area contributed by atoms with E-state index in [9.17, 15) is 9.59 Å². The molecule has 2 aliphatic carbocycles. The fraction of sp³-hybridized carbons (Fsp3) is 0. The maximum atomic E-state index is 11.4. The van der Waals surface area contributed by atoms with Crippen molar-refractivity contribution in [3.63, 3.8) is 0 Å². The van der Waals surface area contributed by atoms with Crippen LogP contribution in [-0.2, 0) is 31.9 Å². The molecular weight excluding hydrogens is 522 g/mol. The van der Waals surface area contributed by atoms with Gasteiger partial charge in [-0.25, -0.2) is 0 Å². The van der Waals surface area contributed by atoms with Gasteiger partial charge in [0, 0.05) is 34.9 Å². The number of halogens is 1. The summed E-state index contributed by atoms with van der Waals surface area (Å²) in [7, 11) is 0. The van der Waals surface area contributed by atoms with Gasteiger partial charge in [-0.3, -0.25) is 9.59 Å². The summed E-state index contributed by atoms with van der Waals surface area (Å²) in [4.78, 5) is 22.7. The van der Waals surface area contributed by atoms with E-state index in [-0.39, 0.29) is 24.0 Å². The molecule has 0 saturated heterocycles. The zero-order chi connectivity index (χ0) is 23.0. The molecule has 2 aromatic rings. The molecular formula is C26H23ClN2O3Tc. The summed E-state index contributed by atoms with van der Waals surface area (Å²) >= 11 is 0.900. The second-order valence-electron chi connectivity index (χ2n) is 6.39. The van der Waals surface area contributed by atoms with Gasteiger partial charge in [-0.15, -0.1) is 12.4 Å². The van der Waals surface area contributed by atoms with Crippen molar-refractivity contribution in [2.75, 3.05) is 10.6 Å². The van der Waals surface area contributed by atoms with Crippen LogP contribution in [0.2, 0.25) is 0 Å². The van der Waals surface area contributed by atoms with Gasteiger partial charge in [0.2, 0.25) is 0 Å². The van der Waals surface area contributed by atoms with E-state index in [1.165, 1.54) is 0 Å². The van der Waals surface area contributed by atoms with Crippen LogP contribution in [-0.4, -0.2) is 11.6 Å². The van der Waals surface area contributed by atoms with Gasteiger partial charge >= 0.3 is 22.4 Å². The molecule has 0 spiro atoms. The van der Waals surface area contributed by atoms with E-state index in [0.717, 1.165) is 30.2 Å². The molecule has 7 heteroatoms. The number of para-hydroxylation sites is 2. The summed E-state index contributed by atoms with van der Waals surface area (Å²) in [5.74, 6) is 0.0573. The Morgan fingerprint density at radius 3 is 1.21 bits per heavy atom. The third-order valence-corrected chi connectivity index (χ3v) is 4.17. The van der Waals surface area contributed by atoms with Crippen LogP contribution in [0, 0.1) is 0 Å². The van der Waals surface area contributed by atoms with Crippen LogP contribution in [0.1, 0.15) is 0 Å². The molecule has 169 valence electrons. The van der Waals surface area contributed by atoms with Gasteiger partial charge in [0.1, 0.15) is 0 Å². The topological polar surface area (TPSA) is 75.3 Å². The first-order valence-corrected chi connectivity index (χ1v) is 10.5. The molecule has 0 aromatic heterocycles. The van der Waals surface area contributed by atoms with Gasteiger partial charge in [0.25, 0.3) is 0 Å².